The van der Waals surface area contributed by atoms with E-state index >= 15 is 0 Å². The molecule has 0 N–H and O–H groups in total. The topological polar surface area (TPSA) is 29.5 Å². The SMILES string of the molecule is CCCOc1ccc(/C=C2/SC(=S)N(CC(C)C)C2=O)cc1. The summed E-state index contributed by atoms with van der Waals surface area (Å²) in [6, 6.07) is 7.77. The highest BCUT2D eigenvalue weighted by molar-refractivity contribution is 8.26. The Kier molecular flexibility index (Phi) is 6.03. The summed E-state index contributed by atoms with van der Waals surface area (Å²) in [6.07, 6.45) is 2.88. The molecule has 0 aliphatic carbocycles. The molecule has 1 aliphatic heterocycles. The lowest BCUT2D eigenvalue weighted by atomic mass is 10.2. The van der Waals surface area contributed by atoms with Crippen LogP contribution in [0.25, 0.3) is 6.08 Å². The highest BCUT2D eigenvalue weighted by atomic mass is 32.2. The molecular formula is C17H21NO2S2. The summed E-state index contributed by atoms with van der Waals surface area (Å²) in [5.74, 6) is 1.26. The van der Waals surface area contributed by atoms with Crippen molar-refractivity contribution in [3.05, 3.63) is 34.7 Å². The molecule has 2 rings (SSSR count). The van der Waals surface area contributed by atoms with Crippen LogP contribution >= 0.6 is 24.0 Å². The van der Waals surface area contributed by atoms with Crippen LogP contribution in [0.3, 0.4) is 0 Å². The van der Waals surface area contributed by atoms with Gasteiger partial charge in [0, 0.05) is 6.54 Å². The van der Waals surface area contributed by atoms with Gasteiger partial charge >= 0.3 is 0 Å². The van der Waals surface area contributed by atoms with Gasteiger partial charge in [0.05, 0.1) is 11.5 Å². The smallest absolute Gasteiger partial charge is 0.266 e. The average molecular weight is 335 g/mol. The first-order valence-electron chi connectivity index (χ1n) is 7.49. The van der Waals surface area contributed by atoms with Crippen LogP contribution in [-0.4, -0.2) is 28.3 Å². The van der Waals surface area contributed by atoms with Gasteiger partial charge in [0.1, 0.15) is 10.1 Å². The molecule has 0 spiro atoms. The van der Waals surface area contributed by atoms with Gasteiger partial charge in [-0.15, -0.1) is 0 Å². The molecule has 0 unspecified atom stereocenters. The fraction of sp³-hybridized carbons (Fsp3) is 0.412. The van der Waals surface area contributed by atoms with Crippen molar-refractivity contribution in [2.45, 2.75) is 27.2 Å². The maximum absolute atomic E-state index is 12.4. The van der Waals surface area contributed by atoms with Crippen molar-refractivity contribution in [1.82, 2.24) is 4.90 Å². The Morgan fingerprint density at radius 2 is 2.00 bits per heavy atom. The summed E-state index contributed by atoms with van der Waals surface area (Å²) >= 11 is 6.68. The highest BCUT2D eigenvalue weighted by Crippen LogP contribution is 2.33. The Labute approximate surface area is 141 Å². The van der Waals surface area contributed by atoms with Crippen LogP contribution in [0.4, 0.5) is 0 Å². The van der Waals surface area contributed by atoms with Crippen LogP contribution in [0.5, 0.6) is 5.75 Å². The zero-order chi connectivity index (χ0) is 16.1. The zero-order valence-electron chi connectivity index (χ0n) is 13.2. The van der Waals surface area contributed by atoms with Gasteiger partial charge in [0.2, 0.25) is 0 Å². The molecule has 1 heterocycles. The molecule has 1 amide bonds. The lowest BCUT2D eigenvalue weighted by Gasteiger charge is -2.16. The Balaban J connectivity index is 2.09. The zero-order valence-corrected chi connectivity index (χ0v) is 14.8. The van der Waals surface area contributed by atoms with E-state index in [2.05, 4.69) is 20.8 Å². The van der Waals surface area contributed by atoms with Crippen molar-refractivity contribution in [3.8, 4) is 5.75 Å². The van der Waals surface area contributed by atoms with Crippen molar-refractivity contribution in [2.24, 2.45) is 5.92 Å². The van der Waals surface area contributed by atoms with Crippen LogP contribution < -0.4 is 4.74 Å². The second-order valence-electron chi connectivity index (χ2n) is 5.60. The van der Waals surface area contributed by atoms with Crippen molar-refractivity contribution >= 4 is 40.3 Å². The van der Waals surface area contributed by atoms with Crippen LogP contribution in [0.15, 0.2) is 29.2 Å². The number of carbonyl (C=O) groups is 1. The van der Waals surface area contributed by atoms with Gasteiger partial charge in [0.15, 0.2) is 0 Å². The number of hydrogen-bond acceptors (Lipinski definition) is 4. The molecule has 0 radical (unpaired) electrons. The lowest BCUT2D eigenvalue weighted by Crippen LogP contribution is -2.31. The van der Waals surface area contributed by atoms with E-state index in [4.69, 9.17) is 17.0 Å². The predicted octanol–water partition coefficient (Wildman–Crippen LogP) is 4.33. The normalized spacial score (nSPS) is 16.9. The first kappa shape index (κ1) is 17.0. The fourth-order valence-corrected chi connectivity index (χ4v) is 3.33. The van der Waals surface area contributed by atoms with E-state index in [-0.39, 0.29) is 5.91 Å². The molecule has 0 bridgehead atoms. The van der Waals surface area contributed by atoms with Gasteiger partial charge in [-0.05, 0) is 36.1 Å². The number of carbonyl (C=O) groups excluding carboxylic acids is 1. The minimum Gasteiger partial charge on any atom is -0.494 e. The summed E-state index contributed by atoms with van der Waals surface area (Å²) in [6.45, 7) is 7.63. The van der Waals surface area contributed by atoms with E-state index in [1.807, 2.05) is 30.3 Å². The molecule has 3 nitrogen and oxygen atoms in total. The quantitative estimate of drug-likeness (QED) is 0.571. The predicted molar refractivity (Wildman–Crippen MR) is 96.9 cm³/mol. The highest BCUT2D eigenvalue weighted by Gasteiger charge is 2.32. The summed E-state index contributed by atoms with van der Waals surface area (Å²) in [5.41, 5.74) is 0.980. The van der Waals surface area contributed by atoms with E-state index in [0.717, 1.165) is 17.7 Å². The Hall–Kier alpha value is -1.33. The number of ether oxygens (including phenoxy) is 1. The monoisotopic (exact) mass is 335 g/mol. The first-order chi connectivity index (χ1) is 10.5. The van der Waals surface area contributed by atoms with Gasteiger partial charge in [-0.1, -0.05) is 56.9 Å². The number of hydrogen-bond donors (Lipinski definition) is 0. The van der Waals surface area contributed by atoms with Crippen LogP contribution in [0, 0.1) is 5.92 Å². The molecule has 0 atom stereocenters. The third-order valence-corrected chi connectivity index (χ3v) is 4.45. The molecule has 0 aromatic heterocycles. The van der Waals surface area contributed by atoms with E-state index in [9.17, 15) is 4.79 Å². The van der Waals surface area contributed by atoms with Crippen LogP contribution in [0.2, 0.25) is 0 Å². The maximum atomic E-state index is 12.4. The van der Waals surface area contributed by atoms with E-state index in [0.29, 0.717) is 28.3 Å². The summed E-state index contributed by atoms with van der Waals surface area (Å²) in [7, 11) is 0. The molecule has 1 saturated heterocycles. The van der Waals surface area contributed by atoms with Crippen LogP contribution in [0.1, 0.15) is 32.8 Å². The van der Waals surface area contributed by atoms with E-state index < -0.39 is 0 Å². The number of amides is 1. The standard InChI is InChI=1S/C17H21NO2S2/c1-4-9-20-14-7-5-13(6-8-14)10-15-16(19)18(11-12(2)3)17(21)22-15/h5-8,10,12H,4,9,11H2,1-3H3/b15-10+. The lowest BCUT2D eigenvalue weighted by molar-refractivity contribution is -0.122. The van der Waals surface area contributed by atoms with Gasteiger partial charge < -0.3 is 4.74 Å². The molecule has 22 heavy (non-hydrogen) atoms. The Morgan fingerprint density at radius 1 is 1.32 bits per heavy atom. The average Bonchev–Trinajstić information content (AvgIpc) is 2.74. The van der Waals surface area contributed by atoms with Gasteiger partial charge in [-0.3, -0.25) is 9.69 Å². The van der Waals surface area contributed by atoms with Crippen LogP contribution in [-0.2, 0) is 4.79 Å². The summed E-state index contributed by atoms with van der Waals surface area (Å²) < 4.78 is 6.20. The van der Waals surface area contributed by atoms with E-state index in [1.165, 1.54) is 11.8 Å². The fourth-order valence-electron chi connectivity index (χ4n) is 2.05. The van der Waals surface area contributed by atoms with Crippen molar-refractivity contribution in [3.63, 3.8) is 0 Å². The summed E-state index contributed by atoms with van der Waals surface area (Å²) in [4.78, 5) is 14.8. The van der Waals surface area contributed by atoms with E-state index in [1.54, 1.807) is 4.90 Å². The molecule has 5 heteroatoms. The van der Waals surface area contributed by atoms with Gasteiger partial charge in [-0.2, -0.15) is 0 Å². The number of thioether (sulfide) groups is 1. The third-order valence-electron chi connectivity index (χ3n) is 3.07. The van der Waals surface area contributed by atoms with Crippen molar-refractivity contribution in [1.29, 1.82) is 0 Å². The maximum Gasteiger partial charge on any atom is 0.266 e. The molecule has 1 fully saturated rings. The minimum atomic E-state index is 0.00927. The second-order valence-corrected chi connectivity index (χ2v) is 7.28. The minimum absolute atomic E-state index is 0.00927. The van der Waals surface area contributed by atoms with Gasteiger partial charge in [0.25, 0.3) is 5.91 Å². The first-order valence-corrected chi connectivity index (χ1v) is 8.72. The Morgan fingerprint density at radius 3 is 2.59 bits per heavy atom. The number of thiocarbonyl (C=S) groups is 1. The summed E-state index contributed by atoms with van der Waals surface area (Å²) in [5, 5.41) is 0. The molecule has 1 aromatic carbocycles. The molecule has 0 saturated carbocycles. The van der Waals surface area contributed by atoms with Crippen molar-refractivity contribution < 1.29 is 9.53 Å². The van der Waals surface area contributed by atoms with Gasteiger partial charge in [-0.25, -0.2) is 0 Å². The second kappa shape index (κ2) is 7.79. The Bertz CT molecular complexity index is 579. The number of rotatable bonds is 6. The molecule has 1 aromatic rings. The van der Waals surface area contributed by atoms with Crippen molar-refractivity contribution in [2.75, 3.05) is 13.2 Å². The molecular weight excluding hydrogens is 314 g/mol. The number of nitrogens with zero attached hydrogens (tertiary/aromatic N) is 1. The third kappa shape index (κ3) is 4.34. The molecule has 1 aliphatic rings. The molecule has 118 valence electrons. The largest absolute Gasteiger partial charge is 0.494 e. The number of benzene rings is 1.